The number of hydrogen-bond acceptors (Lipinski definition) is 8. The van der Waals surface area contributed by atoms with Crippen molar-refractivity contribution in [2.45, 2.75) is 0 Å². The number of rotatable bonds is 5. The predicted molar refractivity (Wildman–Crippen MR) is 65.0 cm³/mol. The average Bonchev–Trinajstić information content (AvgIpc) is 2.43. The fourth-order valence-electron chi connectivity index (χ4n) is 1.47. The van der Waals surface area contributed by atoms with Gasteiger partial charge in [-0.2, -0.15) is 0 Å². The first-order valence-electron chi connectivity index (χ1n) is 5.35. The quantitative estimate of drug-likeness (QED) is 0.599. The molecule has 1 aromatic carbocycles. The minimum absolute atomic E-state index is 0.193. The van der Waals surface area contributed by atoms with Crippen LogP contribution in [0.1, 0.15) is 20.7 Å². The first-order valence-corrected chi connectivity index (χ1v) is 5.35. The van der Waals surface area contributed by atoms with E-state index in [0.29, 0.717) is 0 Å². The predicted octanol–water partition coefficient (Wildman–Crippen LogP) is 0.654. The van der Waals surface area contributed by atoms with E-state index >= 15 is 0 Å². The van der Waals surface area contributed by atoms with Gasteiger partial charge in [-0.25, -0.2) is 9.59 Å². The Morgan fingerprint density at radius 2 is 1.60 bits per heavy atom. The van der Waals surface area contributed by atoms with E-state index in [-0.39, 0.29) is 12.5 Å². The average molecular weight is 286 g/mol. The molecule has 0 aliphatic carbocycles. The van der Waals surface area contributed by atoms with Crippen molar-refractivity contribution in [1.82, 2.24) is 0 Å². The molecule has 0 bridgehead atoms. The van der Waals surface area contributed by atoms with E-state index in [9.17, 15) is 19.8 Å². The SMILES string of the molecule is COCOc1cc(O)c(C(=O)OC)c(O)c1C(=O)OC. The van der Waals surface area contributed by atoms with Gasteiger partial charge in [0.15, 0.2) is 12.5 Å². The summed E-state index contributed by atoms with van der Waals surface area (Å²) in [5, 5.41) is 19.7. The van der Waals surface area contributed by atoms with Gasteiger partial charge in [0.25, 0.3) is 0 Å². The molecule has 1 rings (SSSR count). The summed E-state index contributed by atoms with van der Waals surface area (Å²) in [6, 6.07) is 0.983. The van der Waals surface area contributed by atoms with Crippen molar-refractivity contribution in [3.8, 4) is 17.2 Å². The van der Waals surface area contributed by atoms with Gasteiger partial charge in [-0.3, -0.25) is 0 Å². The van der Waals surface area contributed by atoms with Crippen LogP contribution < -0.4 is 4.74 Å². The highest BCUT2D eigenvalue weighted by molar-refractivity contribution is 6.03. The number of phenolic OH excluding ortho intramolecular Hbond substituents is 2. The molecule has 0 spiro atoms. The van der Waals surface area contributed by atoms with Gasteiger partial charge in [-0.05, 0) is 0 Å². The van der Waals surface area contributed by atoms with Crippen molar-refractivity contribution in [3.05, 3.63) is 17.2 Å². The molecule has 110 valence electrons. The van der Waals surface area contributed by atoms with Gasteiger partial charge in [0.05, 0.1) is 14.2 Å². The van der Waals surface area contributed by atoms with E-state index in [1.807, 2.05) is 0 Å². The van der Waals surface area contributed by atoms with Crippen LogP contribution in [-0.4, -0.2) is 50.3 Å². The summed E-state index contributed by atoms with van der Waals surface area (Å²) < 4.78 is 18.6. The van der Waals surface area contributed by atoms with Gasteiger partial charge in [0, 0.05) is 13.2 Å². The Hall–Kier alpha value is -2.48. The van der Waals surface area contributed by atoms with Gasteiger partial charge < -0.3 is 29.2 Å². The summed E-state index contributed by atoms with van der Waals surface area (Å²) in [6.07, 6.45) is 0. The molecule has 0 aliphatic rings. The fraction of sp³-hybridized carbons (Fsp3) is 0.333. The zero-order valence-electron chi connectivity index (χ0n) is 11.1. The molecule has 0 saturated heterocycles. The Balaban J connectivity index is 3.48. The van der Waals surface area contributed by atoms with Gasteiger partial charge in [-0.1, -0.05) is 0 Å². The van der Waals surface area contributed by atoms with Gasteiger partial charge in [-0.15, -0.1) is 0 Å². The first kappa shape index (κ1) is 15.6. The molecular weight excluding hydrogens is 272 g/mol. The Morgan fingerprint density at radius 1 is 1.05 bits per heavy atom. The number of phenols is 2. The van der Waals surface area contributed by atoms with Gasteiger partial charge in [0.2, 0.25) is 0 Å². The molecular formula is C12H14O8. The minimum atomic E-state index is -1.01. The van der Waals surface area contributed by atoms with Crippen molar-refractivity contribution >= 4 is 11.9 Å². The van der Waals surface area contributed by atoms with Crippen LogP contribution >= 0.6 is 0 Å². The maximum absolute atomic E-state index is 11.7. The third kappa shape index (κ3) is 2.91. The number of hydrogen-bond donors (Lipinski definition) is 2. The largest absolute Gasteiger partial charge is 0.507 e. The molecule has 0 unspecified atom stereocenters. The summed E-state index contributed by atoms with van der Waals surface area (Å²) in [7, 11) is 3.50. The van der Waals surface area contributed by atoms with E-state index in [0.717, 1.165) is 20.3 Å². The van der Waals surface area contributed by atoms with Crippen LogP contribution in [0, 0.1) is 0 Å². The Bertz CT molecular complexity index is 523. The fourth-order valence-corrected chi connectivity index (χ4v) is 1.47. The van der Waals surface area contributed by atoms with Crippen LogP contribution in [0.15, 0.2) is 6.07 Å². The summed E-state index contributed by atoms with van der Waals surface area (Å²) in [6.45, 7) is -0.236. The lowest BCUT2D eigenvalue weighted by molar-refractivity contribution is 0.0459. The second kappa shape index (κ2) is 6.62. The number of aromatic hydroxyl groups is 2. The second-order valence-corrected chi connectivity index (χ2v) is 3.53. The summed E-state index contributed by atoms with van der Waals surface area (Å²) in [5.74, 6) is -3.55. The molecule has 8 nitrogen and oxygen atoms in total. The van der Waals surface area contributed by atoms with Gasteiger partial charge in [0.1, 0.15) is 22.6 Å². The lowest BCUT2D eigenvalue weighted by Gasteiger charge is -2.14. The maximum Gasteiger partial charge on any atom is 0.345 e. The molecule has 20 heavy (non-hydrogen) atoms. The molecule has 0 amide bonds. The lowest BCUT2D eigenvalue weighted by Crippen LogP contribution is -2.11. The number of methoxy groups -OCH3 is 3. The van der Waals surface area contributed by atoms with E-state index in [1.165, 1.54) is 7.11 Å². The normalized spacial score (nSPS) is 9.95. The van der Waals surface area contributed by atoms with Crippen LogP contribution in [0.5, 0.6) is 17.2 Å². The molecule has 1 aromatic rings. The molecule has 2 N–H and O–H groups in total. The van der Waals surface area contributed by atoms with Crippen LogP contribution in [0.2, 0.25) is 0 Å². The molecule has 8 heteroatoms. The van der Waals surface area contributed by atoms with Crippen molar-refractivity contribution in [1.29, 1.82) is 0 Å². The highest BCUT2D eigenvalue weighted by atomic mass is 16.7. The molecule has 0 heterocycles. The van der Waals surface area contributed by atoms with Crippen LogP contribution in [0.25, 0.3) is 0 Å². The molecule has 0 aliphatic heterocycles. The monoisotopic (exact) mass is 286 g/mol. The highest BCUT2D eigenvalue weighted by Gasteiger charge is 2.28. The van der Waals surface area contributed by atoms with Crippen molar-refractivity contribution in [2.75, 3.05) is 28.1 Å². The highest BCUT2D eigenvalue weighted by Crippen LogP contribution is 2.38. The molecule has 0 atom stereocenters. The van der Waals surface area contributed by atoms with Gasteiger partial charge >= 0.3 is 11.9 Å². The topological polar surface area (TPSA) is 112 Å². The van der Waals surface area contributed by atoms with Crippen molar-refractivity contribution in [2.24, 2.45) is 0 Å². The molecule has 0 aromatic heterocycles. The zero-order valence-corrected chi connectivity index (χ0v) is 11.1. The van der Waals surface area contributed by atoms with E-state index < -0.39 is 34.6 Å². The number of esters is 2. The Kier molecular flexibility index (Phi) is 5.15. The van der Waals surface area contributed by atoms with Crippen LogP contribution in [0.4, 0.5) is 0 Å². The van der Waals surface area contributed by atoms with E-state index in [2.05, 4.69) is 14.2 Å². The zero-order chi connectivity index (χ0) is 15.3. The summed E-state index contributed by atoms with van der Waals surface area (Å²) >= 11 is 0. The minimum Gasteiger partial charge on any atom is -0.507 e. The number of carbonyl (C=O) groups excluding carboxylic acids is 2. The number of ether oxygens (including phenoxy) is 4. The molecule has 0 fully saturated rings. The summed E-state index contributed by atoms with van der Waals surface area (Å²) in [4.78, 5) is 23.1. The van der Waals surface area contributed by atoms with Crippen LogP contribution in [0.3, 0.4) is 0 Å². The van der Waals surface area contributed by atoms with Crippen molar-refractivity contribution in [3.63, 3.8) is 0 Å². The third-order valence-electron chi connectivity index (χ3n) is 2.36. The second-order valence-electron chi connectivity index (χ2n) is 3.53. The Morgan fingerprint density at radius 3 is 2.10 bits per heavy atom. The Labute approximate surface area is 114 Å². The van der Waals surface area contributed by atoms with E-state index in [4.69, 9.17) is 4.74 Å². The van der Waals surface area contributed by atoms with Crippen LogP contribution in [-0.2, 0) is 14.2 Å². The third-order valence-corrected chi connectivity index (χ3v) is 2.36. The smallest absolute Gasteiger partial charge is 0.345 e. The molecule has 0 saturated carbocycles. The van der Waals surface area contributed by atoms with E-state index in [1.54, 1.807) is 0 Å². The molecule has 0 radical (unpaired) electrons. The number of carbonyl (C=O) groups is 2. The maximum atomic E-state index is 11.7. The van der Waals surface area contributed by atoms with Crippen molar-refractivity contribution < 1.29 is 38.7 Å². The standard InChI is InChI=1S/C12H14O8/c1-17-5-20-7-4-6(13)8(11(15)18-2)10(14)9(7)12(16)19-3/h4,13-14H,5H2,1-3H3. The first-order chi connectivity index (χ1) is 9.47. The number of benzene rings is 1. The lowest BCUT2D eigenvalue weighted by atomic mass is 10.1. The summed E-state index contributed by atoms with van der Waals surface area (Å²) in [5.41, 5.74) is -0.972.